The number of nitrogens with one attached hydrogen (secondary N) is 2. The largest absolute Gasteiger partial charge is 0.382 e. The fraction of sp³-hybridized carbons (Fsp3) is 0.667. The average Bonchev–Trinajstić information content (AvgIpc) is 2.96. The van der Waals surface area contributed by atoms with Crippen molar-refractivity contribution < 1.29 is 0 Å². The smallest absolute Gasteiger partial charge is 0.0372 e. The number of aryl methyl sites for hydroxylation is 2. The molecule has 20 heavy (non-hydrogen) atoms. The van der Waals surface area contributed by atoms with Gasteiger partial charge < -0.3 is 10.6 Å². The Kier molecular flexibility index (Phi) is 4.30. The molecule has 2 nitrogen and oxygen atoms in total. The summed E-state index contributed by atoms with van der Waals surface area (Å²) in [5.74, 6) is 0.812. The maximum absolute atomic E-state index is 3.86. The zero-order valence-corrected chi connectivity index (χ0v) is 12.9. The molecule has 0 amide bonds. The van der Waals surface area contributed by atoms with E-state index in [0.717, 1.165) is 12.0 Å². The highest BCUT2D eigenvalue weighted by Gasteiger charge is 2.33. The molecule has 2 N–H and O–H groups in total. The Hall–Kier alpha value is -1.02. The van der Waals surface area contributed by atoms with Crippen LogP contribution in [-0.4, -0.2) is 18.6 Å². The Labute approximate surface area is 123 Å². The number of rotatable bonds is 3. The summed E-state index contributed by atoms with van der Waals surface area (Å²) in [5.41, 5.74) is 4.07. The molecule has 3 atom stereocenters. The molecule has 0 bridgehead atoms. The van der Waals surface area contributed by atoms with Crippen molar-refractivity contribution in [2.45, 2.75) is 64.5 Å². The number of benzene rings is 1. The number of anilines is 1. The second-order valence-corrected chi connectivity index (χ2v) is 6.72. The van der Waals surface area contributed by atoms with Gasteiger partial charge in [0, 0.05) is 17.8 Å². The van der Waals surface area contributed by atoms with Crippen molar-refractivity contribution in [3.05, 3.63) is 29.3 Å². The Morgan fingerprint density at radius 1 is 1.05 bits per heavy atom. The Balaban J connectivity index is 1.72. The van der Waals surface area contributed by atoms with E-state index >= 15 is 0 Å². The second-order valence-electron chi connectivity index (χ2n) is 6.72. The first-order chi connectivity index (χ1) is 9.74. The third-order valence-corrected chi connectivity index (χ3v) is 5.16. The predicted molar refractivity (Wildman–Crippen MR) is 86.3 cm³/mol. The van der Waals surface area contributed by atoms with Crippen LogP contribution in [0, 0.1) is 19.8 Å². The lowest BCUT2D eigenvalue weighted by atomic mass is 9.79. The topological polar surface area (TPSA) is 24.1 Å². The minimum atomic E-state index is 0.653. The fourth-order valence-electron chi connectivity index (χ4n) is 4.07. The molecule has 1 aliphatic heterocycles. The minimum absolute atomic E-state index is 0.653. The molecule has 1 saturated carbocycles. The lowest BCUT2D eigenvalue weighted by molar-refractivity contribution is 0.262. The third-order valence-electron chi connectivity index (χ3n) is 5.16. The first-order valence-corrected chi connectivity index (χ1v) is 8.31. The van der Waals surface area contributed by atoms with Crippen molar-refractivity contribution in [1.82, 2.24) is 5.32 Å². The highest BCUT2D eigenvalue weighted by Crippen LogP contribution is 2.33. The van der Waals surface area contributed by atoms with Crippen molar-refractivity contribution >= 4 is 5.69 Å². The van der Waals surface area contributed by atoms with Crippen molar-refractivity contribution in [2.75, 3.05) is 11.9 Å². The zero-order chi connectivity index (χ0) is 13.9. The summed E-state index contributed by atoms with van der Waals surface area (Å²) in [6.45, 7) is 5.61. The maximum atomic E-state index is 3.86. The summed E-state index contributed by atoms with van der Waals surface area (Å²) >= 11 is 0. The van der Waals surface area contributed by atoms with Crippen LogP contribution in [0.5, 0.6) is 0 Å². The Bertz CT molecular complexity index is 449. The van der Waals surface area contributed by atoms with Gasteiger partial charge in [-0.05, 0) is 63.6 Å². The summed E-state index contributed by atoms with van der Waals surface area (Å²) < 4.78 is 0. The van der Waals surface area contributed by atoms with Crippen LogP contribution in [0.1, 0.15) is 49.7 Å². The van der Waals surface area contributed by atoms with Crippen LogP contribution in [-0.2, 0) is 0 Å². The van der Waals surface area contributed by atoms with Gasteiger partial charge in [-0.15, -0.1) is 0 Å². The van der Waals surface area contributed by atoms with Gasteiger partial charge in [0.15, 0.2) is 0 Å². The molecule has 1 aromatic carbocycles. The molecule has 2 heteroatoms. The molecule has 2 aliphatic rings. The first kappa shape index (κ1) is 13.9. The molecule has 0 radical (unpaired) electrons. The van der Waals surface area contributed by atoms with Crippen LogP contribution in [0.4, 0.5) is 5.69 Å². The summed E-state index contributed by atoms with van der Waals surface area (Å²) in [6.07, 6.45) is 8.24. The van der Waals surface area contributed by atoms with E-state index in [-0.39, 0.29) is 0 Å². The van der Waals surface area contributed by atoms with Gasteiger partial charge in [-0.1, -0.05) is 30.5 Å². The Morgan fingerprint density at radius 2 is 1.90 bits per heavy atom. The van der Waals surface area contributed by atoms with Gasteiger partial charge in [-0.25, -0.2) is 0 Å². The van der Waals surface area contributed by atoms with Gasteiger partial charge in [0.05, 0.1) is 0 Å². The molecule has 1 saturated heterocycles. The van der Waals surface area contributed by atoms with Gasteiger partial charge in [0.2, 0.25) is 0 Å². The van der Waals surface area contributed by atoms with E-state index in [2.05, 4.69) is 42.7 Å². The van der Waals surface area contributed by atoms with Gasteiger partial charge in [0.25, 0.3) is 0 Å². The quantitative estimate of drug-likeness (QED) is 0.868. The maximum Gasteiger partial charge on any atom is 0.0372 e. The van der Waals surface area contributed by atoms with E-state index in [4.69, 9.17) is 0 Å². The van der Waals surface area contributed by atoms with Crippen LogP contribution in [0.25, 0.3) is 0 Å². The molecule has 110 valence electrons. The molecule has 3 rings (SSSR count). The van der Waals surface area contributed by atoms with E-state index < -0.39 is 0 Å². The van der Waals surface area contributed by atoms with Crippen LogP contribution >= 0.6 is 0 Å². The molecule has 1 aliphatic carbocycles. The molecule has 3 unspecified atom stereocenters. The van der Waals surface area contributed by atoms with Gasteiger partial charge in [-0.3, -0.25) is 0 Å². The molecule has 0 aromatic heterocycles. The second kappa shape index (κ2) is 6.17. The van der Waals surface area contributed by atoms with Crippen molar-refractivity contribution in [3.8, 4) is 0 Å². The van der Waals surface area contributed by atoms with E-state index in [9.17, 15) is 0 Å². The Morgan fingerprint density at radius 3 is 2.65 bits per heavy atom. The third kappa shape index (κ3) is 3.01. The monoisotopic (exact) mass is 272 g/mol. The highest BCUT2D eigenvalue weighted by molar-refractivity contribution is 5.52. The molecule has 2 fully saturated rings. The van der Waals surface area contributed by atoms with E-state index in [1.807, 2.05) is 0 Å². The molecular weight excluding hydrogens is 244 g/mol. The SMILES string of the molecule is Cc1ccc(NC2CCCCC2C2CCCN2)c(C)c1. The van der Waals surface area contributed by atoms with Crippen molar-refractivity contribution in [3.63, 3.8) is 0 Å². The highest BCUT2D eigenvalue weighted by atomic mass is 15.0. The van der Waals surface area contributed by atoms with Crippen LogP contribution in [0.2, 0.25) is 0 Å². The molecule has 0 spiro atoms. The van der Waals surface area contributed by atoms with Crippen molar-refractivity contribution in [1.29, 1.82) is 0 Å². The molecule has 1 aromatic rings. The van der Waals surface area contributed by atoms with Crippen LogP contribution in [0.15, 0.2) is 18.2 Å². The zero-order valence-electron chi connectivity index (χ0n) is 12.9. The van der Waals surface area contributed by atoms with Crippen LogP contribution in [0.3, 0.4) is 0 Å². The van der Waals surface area contributed by atoms with E-state index in [1.165, 1.54) is 61.9 Å². The normalized spacial score (nSPS) is 30.4. The first-order valence-electron chi connectivity index (χ1n) is 8.31. The van der Waals surface area contributed by atoms with Gasteiger partial charge in [-0.2, -0.15) is 0 Å². The predicted octanol–water partition coefficient (Wildman–Crippen LogP) is 4.03. The molecular formula is C18H28N2. The van der Waals surface area contributed by atoms with Gasteiger partial charge in [0.1, 0.15) is 0 Å². The summed E-state index contributed by atoms with van der Waals surface area (Å²) in [5, 5.41) is 7.59. The number of hydrogen-bond donors (Lipinski definition) is 2. The molecule has 1 heterocycles. The van der Waals surface area contributed by atoms with E-state index in [1.54, 1.807) is 0 Å². The summed E-state index contributed by atoms with van der Waals surface area (Å²) in [7, 11) is 0. The van der Waals surface area contributed by atoms with E-state index in [0.29, 0.717) is 6.04 Å². The average molecular weight is 272 g/mol. The summed E-state index contributed by atoms with van der Waals surface area (Å²) in [6, 6.07) is 8.17. The van der Waals surface area contributed by atoms with Crippen LogP contribution < -0.4 is 10.6 Å². The lowest BCUT2D eigenvalue weighted by Gasteiger charge is -2.37. The lowest BCUT2D eigenvalue weighted by Crippen LogP contribution is -2.43. The number of hydrogen-bond acceptors (Lipinski definition) is 2. The van der Waals surface area contributed by atoms with Gasteiger partial charge >= 0.3 is 0 Å². The summed E-state index contributed by atoms with van der Waals surface area (Å²) in [4.78, 5) is 0. The van der Waals surface area contributed by atoms with Crippen molar-refractivity contribution in [2.24, 2.45) is 5.92 Å². The fourth-order valence-corrected chi connectivity index (χ4v) is 4.07. The minimum Gasteiger partial charge on any atom is -0.382 e. The standard InChI is InChI=1S/C18H28N2/c1-13-9-10-16(14(2)12-13)20-18-7-4-3-6-15(18)17-8-5-11-19-17/h9-10,12,15,17-20H,3-8,11H2,1-2H3.